The van der Waals surface area contributed by atoms with Gasteiger partial charge < -0.3 is 10.4 Å². The highest BCUT2D eigenvalue weighted by Gasteiger charge is 2.02. The lowest BCUT2D eigenvalue weighted by Crippen LogP contribution is -2.13. The van der Waals surface area contributed by atoms with Gasteiger partial charge in [0, 0.05) is 5.69 Å². The average molecular weight is 211 g/mol. The minimum atomic E-state index is -0.0254. The molecule has 4 heteroatoms. The molecule has 0 spiro atoms. The Hall–Kier alpha value is -1.16. The van der Waals surface area contributed by atoms with E-state index in [0.717, 1.165) is 11.3 Å². The third-order valence-electron chi connectivity index (χ3n) is 1.76. The Kier molecular flexibility index (Phi) is 3.83. The molecule has 0 fully saturated rings. The van der Waals surface area contributed by atoms with Gasteiger partial charge in [0.25, 0.3) is 0 Å². The molecule has 0 atom stereocenters. The zero-order chi connectivity index (χ0) is 10.6. The number of aromatic hydroxyl groups is 1. The maximum absolute atomic E-state index is 11.2. The molecule has 0 aliphatic carbocycles. The summed E-state index contributed by atoms with van der Waals surface area (Å²) in [7, 11) is 0. The predicted molar refractivity (Wildman–Crippen MR) is 59.9 cm³/mol. The molecule has 1 rings (SSSR count). The summed E-state index contributed by atoms with van der Waals surface area (Å²) >= 11 is 1.47. The molecular formula is C10H13NO2S. The van der Waals surface area contributed by atoms with Gasteiger partial charge in [0.2, 0.25) is 5.91 Å². The largest absolute Gasteiger partial charge is 0.508 e. The van der Waals surface area contributed by atoms with Crippen molar-refractivity contribution in [1.82, 2.24) is 0 Å². The second-order valence-electron chi connectivity index (χ2n) is 2.98. The van der Waals surface area contributed by atoms with Crippen molar-refractivity contribution in [1.29, 1.82) is 0 Å². The number of hydrogen-bond acceptors (Lipinski definition) is 3. The average Bonchev–Trinajstić information content (AvgIpc) is 2.12. The van der Waals surface area contributed by atoms with E-state index in [1.807, 2.05) is 6.26 Å². The van der Waals surface area contributed by atoms with E-state index in [4.69, 9.17) is 0 Å². The second kappa shape index (κ2) is 4.91. The van der Waals surface area contributed by atoms with Crippen LogP contribution in [0.15, 0.2) is 18.2 Å². The van der Waals surface area contributed by atoms with Crippen molar-refractivity contribution in [2.24, 2.45) is 0 Å². The molecule has 0 bridgehead atoms. The van der Waals surface area contributed by atoms with Crippen LogP contribution in [0.25, 0.3) is 0 Å². The Morgan fingerprint density at radius 2 is 2.29 bits per heavy atom. The van der Waals surface area contributed by atoms with Crippen LogP contribution >= 0.6 is 11.8 Å². The highest BCUT2D eigenvalue weighted by molar-refractivity contribution is 7.99. The SMILES string of the molecule is CSCC(=O)Nc1ccc(O)c(C)c1. The number of hydrogen-bond donors (Lipinski definition) is 2. The summed E-state index contributed by atoms with van der Waals surface area (Å²) in [5.74, 6) is 0.662. The van der Waals surface area contributed by atoms with Crippen molar-refractivity contribution in [3.63, 3.8) is 0 Å². The number of carbonyl (C=O) groups is 1. The number of thioether (sulfide) groups is 1. The van der Waals surface area contributed by atoms with Gasteiger partial charge in [0.05, 0.1) is 5.75 Å². The number of anilines is 1. The topological polar surface area (TPSA) is 49.3 Å². The number of nitrogens with one attached hydrogen (secondary N) is 1. The van der Waals surface area contributed by atoms with E-state index < -0.39 is 0 Å². The summed E-state index contributed by atoms with van der Waals surface area (Å²) in [4.78, 5) is 11.2. The quantitative estimate of drug-likeness (QED) is 0.752. The number of benzene rings is 1. The lowest BCUT2D eigenvalue weighted by Gasteiger charge is -2.05. The van der Waals surface area contributed by atoms with Crippen molar-refractivity contribution >= 4 is 23.4 Å². The van der Waals surface area contributed by atoms with Gasteiger partial charge in [0.15, 0.2) is 0 Å². The first-order valence-corrected chi connectivity index (χ1v) is 5.61. The summed E-state index contributed by atoms with van der Waals surface area (Å²) < 4.78 is 0. The monoisotopic (exact) mass is 211 g/mol. The van der Waals surface area contributed by atoms with Gasteiger partial charge in [0.1, 0.15) is 5.75 Å². The third kappa shape index (κ3) is 2.96. The normalized spacial score (nSPS) is 9.86. The van der Waals surface area contributed by atoms with Gasteiger partial charge in [-0.2, -0.15) is 11.8 Å². The van der Waals surface area contributed by atoms with E-state index in [9.17, 15) is 9.90 Å². The number of phenolic OH excluding ortho intramolecular Hbond substituents is 1. The summed E-state index contributed by atoms with van der Waals surface area (Å²) in [6.07, 6.45) is 1.88. The second-order valence-corrected chi connectivity index (χ2v) is 3.85. The Labute approximate surface area is 87.5 Å². The molecule has 2 N–H and O–H groups in total. The number of phenols is 1. The number of amides is 1. The smallest absolute Gasteiger partial charge is 0.234 e. The molecule has 0 heterocycles. The van der Waals surface area contributed by atoms with Gasteiger partial charge >= 0.3 is 0 Å². The van der Waals surface area contributed by atoms with Crippen LogP contribution in [0, 0.1) is 6.92 Å². The molecule has 1 aromatic carbocycles. The molecule has 1 aromatic rings. The molecule has 0 unspecified atom stereocenters. The Bertz CT molecular complexity index is 339. The fourth-order valence-electron chi connectivity index (χ4n) is 1.06. The minimum absolute atomic E-state index is 0.0254. The van der Waals surface area contributed by atoms with E-state index in [2.05, 4.69) is 5.32 Å². The van der Waals surface area contributed by atoms with E-state index in [0.29, 0.717) is 5.75 Å². The van der Waals surface area contributed by atoms with Crippen molar-refractivity contribution in [2.75, 3.05) is 17.3 Å². The van der Waals surface area contributed by atoms with E-state index >= 15 is 0 Å². The molecule has 0 aromatic heterocycles. The molecular weight excluding hydrogens is 198 g/mol. The molecule has 0 aliphatic rings. The highest BCUT2D eigenvalue weighted by atomic mass is 32.2. The highest BCUT2D eigenvalue weighted by Crippen LogP contribution is 2.20. The Balaban J connectivity index is 2.68. The summed E-state index contributed by atoms with van der Waals surface area (Å²) in [5, 5.41) is 12.0. The molecule has 0 saturated heterocycles. The lowest BCUT2D eigenvalue weighted by atomic mass is 10.2. The standard InChI is InChI=1S/C10H13NO2S/c1-7-5-8(3-4-9(7)12)11-10(13)6-14-2/h3-5,12H,6H2,1-2H3,(H,11,13). The van der Waals surface area contributed by atoms with Crippen LogP contribution in [-0.2, 0) is 4.79 Å². The fourth-order valence-corrected chi connectivity index (χ4v) is 1.40. The molecule has 3 nitrogen and oxygen atoms in total. The van der Waals surface area contributed by atoms with E-state index in [-0.39, 0.29) is 11.7 Å². The van der Waals surface area contributed by atoms with Crippen molar-refractivity contribution in [3.8, 4) is 5.75 Å². The van der Waals surface area contributed by atoms with Crippen molar-refractivity contribution in [3.05, 3.63) is 23.8 Å². The zero-order valence-electron chi connectivity index (χ0n) is 8.20. The van der Waals surface area contributed by atoms with E-state index in [1.54, 1.807) is 25.1 Å². The maximum Gasteiger partial charge on any atom is 0.234 e. The van der Waals surface area contributed by atoms with Gasteiger partial charge in [-0.3, -0.25) is 4.79 Å². The maximum atomic E-state index is 11.2. The summed E-state index contributed by atoms with van der Waals surface area (Å²) in [5.41, 5.74) is 1.48. The molecule has 0 aliphatic heterocycles. The summed E-state index contributed by atoms with van der Waals surface area (Å²) in [6, 6.07) is 5.00. The summed E-state index contributed by atoms with van der Waals surface area (Å²) in [6.45, 7) is 1.79. The first-order chi connectivity index (χ1) is 6.63. The van der Waals surface area contributed by atoms with Crippen LogP contribution in [0.4, 0.5) is 5.69 Å². The Morgan fingerprint density at radius 3 is 2.86 bits per heavy atom. The molecule has 1 amide bonds. The van der Waals surface area contributed by atoms with Gasteiger partial charge in [-0.15, -0.1) is 0 Å². The molecule has 76 valence electrons. The lowest BCUT2D eigenvalue weighted by molar-refractivity contribution is -0.113. The molecule has 14 heavy (non-hydrogen) atoms. The van der Waals surface area contributed by atoms with Crippen molar-refractivity contribution in [2.45, 2.75) is 6.92 Å². The Morgan fingerprint density at radius 1 is 1.57 bits per heavy atom. The number of carbonyl (C=O) groups excluding carboxylic acids is 1. The van der Waals surface area contributed by atoms with Gasteiger partial charge in [-0.05, 0) is 36.9 Å². The molecule has 0 saturated carbocycles. The molecule has 0 radical (unpaired) electrons. The predicted octanol–water partition coefficient (Wildman–Crippen LogP) is 2.00. The van der Waals surface area contributed by atoms with E-state index in [1.165, 1.54) is 11.8 Å². The van der Waals surface area contributed by atoms with Crippen LogP contribution in [0.1, 0.15) is 5.56 Å². The minimum Gasteiger partial charge on any atom is -0.508 e. The number of rotatable bonds is 3. The van der Waals surface area contributed by atoms with Crippen LogP contribution in [0.5, 0.6) is 5.75 Å². The van der Waals surface area contributed by atoms with Crippen LogP contribution in [0.3, 0.4) is 0 Å². The van der Waals surface area contributed by atoms with Crippen LogP contribution in [0.2, 0.25) is 0 Å². The fraction of sp³-hybridized carbons (Fsp3) is 0.300. The zero-order valence-corrected chi connectivity index (χ0v) is 9.02. The third-order valence-corrected chi connectivity index (χ3v) is 2.31. The number of aryl methyl sites for hydroxylation is 1. The van der Waals surface area contributed by atoms with Crippen molar-refractivity contribution < 1.29 is 9.90 Å². The first kappa shape index (κ1) is 10.9. The van der Waals surface area contributed by atoms with Gasteiger partial charge in [-0.25, -0.2) is 0 Å². The van der Waals surface area contributed by atoms with Gasteiger partial charge in [-0.1, -0.05) is 0 Å². The van der Waals surface area contributed by atoms with Crippen LogP contribution in [-0.4, -0.2) is 23.0 Å². The first-order valence-electron chi connectivity index (χ1n) is 4.22. The van der Waals surface area contributed by atoms with Crippen LogP contribution < -0.4 is 5.32 Å².